The van der Waals surface area contributed by atoms with E-state index >= 15 is 0 Å². The maximum Gasteiger partial charge on any atom is 0.408 e. The Morgan fingerprint density at radius 2 is 1.80 bits per heavy atom. The summed E-state index contributed by atoms with van der Waals surface area (Å²) in [5, 5.41) is 5.29. The molecular formula is C26H38N4O5. The lowest BCUT2D eigenvalue weighted by molar-refractivity contribution is -0.139. The van der Waals surface area contributed by atoms with Crippen molar-refractivity contribution in [2.45, 2.75) is 91.5 Å². The predicted molar refractivity (Wildman–Crippen MR) is 134 cm³/mol. The first kappa shape index (κ1) is 29.5. The second-order valence-corrected chi connectivity index (χ2v) is 9.60. The molecule has 1 aromatic carbocycles. The first-order chi connectivity index (χ1) is 16.2. The highest BCUT2D eigenvalue weighted by atomic mass is 16.6. The normalized spacial score (nSPS) is 13.5. The van der Waals surface area contributed by atoms with Gasteiger partial charge in [-0.05, 0) is 64.7 Å². The van der Waals surface area contributed by atoms with Crippen molar-refractivity contribution in [2.24, 2.45) is 5.73 Å². The van der Waals surface area contributed by atoms with Crippen molar-refractivity contribution < 1.29 is 23.9 Å². The molecule has 1 rings (SSSR count). The molecule has 35 heavy (non-hydrogen) atoms. The van der Waals surface area contributed by atoms with Crippen LogP contribution in [0, 0.1) is 26.3 Å². The van der Waals surface area contributed by atoms with E-state index in [4.69, 9.17) is 16.9 Å². The molecule has 9 heteroatoms. The van der Waals surface area contributed by atoms with Crippen molar-refractivity contribution in [3.05, 3.63) is 34.9 Å². The molecule has 4 N–H and O–H groups in total. The zero-order valence-electron chi connectivity index (χ0n) is 21.7. The minimum absolute atomic E-state index is 0.156. The minimum Gasteiger partial charge on any atom is -0.444 e. The standard InChI is InChI=1S/C26H38N4O5/c1-9-12-17(4)28-23(32)22(19-14-11-13-16(3)18(19)5)30(10-2)24(33)20(15-21(27)31)29-25(34)35-26(6,7)8/h2,11,13-14,17,20,22H,9,12,15H2,1,3-8H3,(H2,27,31)(H,28,32)(H,29,34). The third-order valence-corrected chi connectivity index (χ3v) is 5.33. The molecule has 1 aromatic rings. The van der Waals surface area contributed by atoms with Gasteiger partial charge >= 0.3 is 6.09 Å². The number of nitrogens with two attached hydrogens (primary N) is 1. The fourth-order valence-electron chi connectivity index (χ4n) is 3.58. The number of ether oxygens (including phenoxy) is 1. The number of nitrogens with zero attached hydrogens (tertiary/aromatic N) is 1. The summed E-state index contributed by atoms with van der Waals surface area (Å²) >= 11 is 0. The highest BCUT2D eigenvalue weighted by Crippen LogP contribution is 2.27. The number of primary amides is 1. The molecule has 0 bridgehead atoms. The lowest BCUT2D eigenvalue weighted by Crippen LogP contribution is -2.53. The van der Waals surface area contributed by atoms with E-state index in [-0.39, 0.29) is 6.04 Å². The van der Waals surface area contributed by atoms with Crippen LogP contribution in [0.2, 0.25) is 0 Å². The summed E-state index contributed by atoms with van der Waals surface area (Å²) in [5.74, 6) is -2.14. The van der Waals surface area contributed by atoms with Gasteiger partial charge in [-0.15, -0.1) is 0 Å². The van der Waals surface area contributed by atoms with Crippen molar-refractivity contribution in [3.63, 3.8) is 0 Å². The van der Waals surface area contributed by atoms with Crippen LogP contribution in [0.25, 0.3) is 0 Å². The number of carbonyl (C=O) groups excluding carboxylic acids is 4. The van der Waals surface area contributed by atoms with Crippen LogP contribution in [0.3, 0.4) is 0 Å². The average molecular weight is 487 g/mol. The quantitative estimate of drug-likeness (QED) is 0.346. The molecule has 0 aromatic heterocycles. The van der Waals surface area contributed by atoms with Gasteiger partial charge in [0.15, 0.2) is 0 Å². The zero-order chi connectivity index (χ0) is 26.9. The number of amides is 4. The largest absolute Gasteiger partial charge is 0.444 e. The smallest absolute Gasteiger partial charge is 0.408 e. The molecule has 4 amide bonds. The Balaban J connectivity index is 3.47. The number of nitrogens with one attached hydrogen (secondary N) is 2. The van der Waals surface area contributed by atoms with Crippen LogP contribution >= 0.6 is 0 Å². The SMILES string of the molecule is C#CN(C(=O)C(CC(N)=O)NC(=O)OC(C)(C)C)C(C(=O)NC(C)CCC)c1cccc(C)c1C. The summed E-state index contributed by atoms with van der Waals surface area (Å²) < 4.78 is 5.22. The summed E-state index contributed by atoms with van der Waals surface area (Å²) in [6, 6.07) is 4.89. The fraction of sp³-hybridized carbons (Fsp3) is 0.538. The second kappa shape index (κ2) is 12.8. The van der Waals surface area contributed by atoms with E-state index in [2.05, 4.69) is 16.7 Å². The first-order valence-electron chi connectivity index (χ1n) is 11.6. The molecule has 0 heterocycles. The Hall–Kier alpha value is -3.54. The summed E-state index contributed by atoms with van der Waals surface area (Å²) in [6.07, 6.45) is 5.89. The van der Waals surface area contributed by atoms with Gasteiger partial charge in [-0.3, -0.25) is 19.3 Å². The van der Waals surface area contributed by atoms with Crippen LogP contribution < -0.4 is 16.4 Å². The fourth-order valence-corrected chi connectivity index (χ4v) is 3.58. The highest BCUT2D eigenvalue weighted by molar-refractivity contribution is 5.95. The zero-order valence-corrected chi connectivity index (χ0v) is 21.7. The van der Waals surface area contributed by atoms with E-state index in [0.29, 0.717) is 5.56 Å². The molecule has 9 nitrogen and oxygen atoms in total. The van der Waals surface area contributed by atoms with E-state index in [1.54, 1.807) is 32.9 Å². The Kier molecular flexibility index (Phi) is 10.8. The van der Waals surface area contributed by atoms with Crippen molar-refractivity contribution in [1.82, 2.24) is 15.5 Å². The van der Waals surface area contributed by atoms with Crippen molar-refractivity contribution in [1.29, 1.82) is 0 Å². The highest BCUT2D eigenvalue weighted by Gasteiger charge is 2.37. The van der Waals surface area contributed by atoms with Crippen molar-refractivity contribution in [3.8, 4) is 12.5 Å². The molecule has 0 aliphatic rings. The maximum atomic E-state index is 13.6. The van der Waals surface area contributed by atoms with Gasteiger partial charge in [0.1, 0.15) is 17.7 Å². The lowest BCUT2D eigenvalue weighted by Gasteiger charge is -2.31. The maximum absolute atomic E-state index is 13.6. The van der Waals surface area contributed by atoms with Crippen LogP contribution in [0.4, 0.5) is 4.79 Å². The summed E-state index contributed by atoms with van der Waals surface area (Å²) in [5.41, 5.74) is 6.72. The van der Waals surface area contributed by atoms with E-state index in [1.807, 2.05) is 33.8 Å². The predicted octanol–water partition coefficient (Wildman–Crippen LogP) is 2.84. The molecule has 0 aliphatic carbocycles. The van der Waals surface area contributed by atoms with Crippen LogP contribution in [0.1, 0.15) is 76.6 Å². The molecule has 3 unspecified atom stereocenters. The van der Waals surface area contributed by atoms with Gasteiger partial charge in [0.25, 0.3) is 5.91 Å². The van der Waals surface area contributed by atoms with Crippen LogP contribution in [0.5, 0.6) is 0 Å². The number of hydrogen-bond acceptors (Lipinski definition) is 5. The number of alkyl carbamates (subject to hydrolysis) is 1. The van der Waals surface area contributed by atoms with Gasteiger partial charge in [-0.1, -0.05) is 38.0 Å². The summed E-state index contributed by atoms with van der Waals surface area (Å²) in [6.45, 7) is 12.5. The Labute approximate surface area is 208 Å². The van der Waals surface area contributed by atoms with Gasteiger partial charge in [0.2, 0.25) is 11.8 Å². The number of hydrogen-bond donors (Lipinski definition) is 3. The van der Waals surface area contributed by atoms with Crippen LogP contribution in [-0.4, -0.2) is 46.4 Å². The van der Waals surface area contributed by atoms with E-state index < -0.39 is 47.9 Å². The summed E-state index contributed by atoms with van der Waals surface area (Å²) in [7, 11) is 0. The molecule has 3 atom stereocenters. The van der Waals surface area contributed by atoms with Gasteiger partial charge in [-0.2, -0.15) is 0 Å². The van der Waals surface area contributed by atoms with Crippen molar-refractivity contribution in [2.75, 3.05) is 0 Å². The number of benzene rings is 1. The molecule has 0 spiro atoms. The van der Waals surface area contributed by atoms with Crippen molar-refractivity contribution >= 4 is 23.8 Å². The minimum atomic E-state index is -1.42. The topological polar surface area (TPSA) is 131 Å². The van der Waals surface area contributed by atoms with Gasteiger partial charge < -0.3 is 21.1 Å². The third kappa shape index (κ3) is 8.96. The molecule has 0 saturated carbocycles. The van der Waals surface area contributed by atoms with Gasteiger partial charge in [0, 0.05) is 12.1 Å². The average Bonchev–Trinajstić information content (AvgIpc) is 2.71. The first-order valence-corrected chi connectivity index (χ1v) is 11.6. The molecule has 0 aliphatic heterocycles. The lowest BCUT2D eigenvalue weighted by atomic mass is 9.95. The molecule has 0 radical (unpaired) electrons. The van der Waals surface area contributed by atoms with E-state index in [1.165, 1.54) is 0 Å². The van der Waals surface area contributed by atoms with Crippen LogP contribution in [-0.2, 0) is 19.1 Å². The van der Waals surface area contributed by atoms with Crippen LogP contribution in [0.15, 0.2) is 18.2 Å². The third-order valence-electron chi connectivity index (χ3n) is 5.33. The molecule has 192 valence electrons. The van der Waals surface area contributed by atoms with E-state index in [0.717, 1.165) is 28.9 Å². The van der Waals surface area contributed by atoms with Gasteiger partial charge in [-0.25, -0.2) is 4.79 Å². The van der Waals surface area contributed by atoms with E-state index in [9.17, 15) is 19.2 Å². The number of carbonyl (C=O) groups is 4. The number of terminal acetylenes is 1. The number of rotatable bonds is 10. The Morgan fingerprint density at radius 3 is 2.31 bits per heavy atom. The summed E-state index contributed by atoms with van der Waals surface area (Å²) in [4.78, 5) is 52.0. The second-order valence-electron chi connectivity index (χ2n) is 9.60. The molecule has 0 saturated heterocycles. The van der Waals surface area contributed by atoms with Gasteiger partial charge in [0.05, 0.1) is 6.42 Å². The number of aryl methyl sites for hydroxylation is 1. The Morgan fingerprint density at radius 1 is 1.17 bits per heavy atom. The monoisotopic (exact) mass is 486 g/mol. The Bertz CT molecular complexity index is 977. The molecular weight excluding hydrogens is 448 g/mol. The molecule has 0 fully saturated rings.